The van der Waals surface area contributed by atoms with E-state index in [9.17, 15) is 4.79 Å². The van der Waals surface area contributed by atoms with Gasteiger partial charge in [-0.1, -0.05) is 32.9 Å². The first kappa shape index (κ1) is 18.8. The van der Waals surface area contributed by atoms with E-state index in [0.29, 0.717) is 23.6 Å². The Bertz CT molecular complexity index is 767. The van der Waals surface area contributed by atoms with E-state index >= 15 is 0 Å². The molecule has 0 aromatic heterocycles. The Morgan fingerprint density at radius 2 is 1.69 bits per heavy atom. The summed E-state index contributed by atoms with van der Waals surface area (Å²) in [5.74, 6) is 1.71. The molecule has 1 saturated carbocycles. The van der Waals surface area contributed by atoms with E-state index < -0.39 is 0 Å². The SMILES string of the molecule is CCNC(=O)c1ccc2cc(OC3CCC(C(C)(C)C)CC3)ccc2c1. The molecule has 0 unspecified atom stereocenters. The monoisotopic (exact) mass is 353 g/mol. The highest BCUT2D eigenvalue weighted by Gasteiger charge is 2.30. The van der Waals surface area contributed by atoms with Gasteiger partial charge in [-0.05, 0) is 79.0 Å². The van der Waals surface area contributed by atoms with Gasteiger partial charge in [0.25, 0.3) is 5.91 Å². The summed E-state index contributed by atoms with van der Waals surface area (Å²) in [7, 11) is 0. The van der Waals surface area contributed by atoms with Crippen molar-refractivity contribution < 1.29 is 9.53 Å². The van der Waals surface area contributed by atoms with Gasteiger partial charge in [0.2, 0.25) is 0 Å². The third kappa shape index (κ3) is 4.38. The molecule has 0 spiro atoms. The number of rotatable bonds is 4. The van der Waals surface area contributed by atoms with Crippen molar-refractivity contribution in [2.24, 2.45) is 11.3 Å². The number of nitrogens with one attached hydrogen (secondary N) is 1. The highest BCUT2D eigenvalue weighted by Crippen LogP contribution is 2.39. The lowest BCUT2D eigenvalue weighted by atomic mass is 9.72. The van der Waals surface area contributed by atoms with Gasteiger partial charge in [-0.25, -0.2) is 0 Å². The van der Waals surface area contributed by atoms with Crippen molar-refractivity contribution in [2.45, 2.75) is 59.5 Å². The van der Waals surface area contributed by atoms with E-state index in [-0.39, 0.29) is 5.91 Å². The smallest absolute Gasteiger partial charge is 0.251 e. The predicted octanol–water partition coefficient (Wildman–Crippen LogP) is 5.57. The van der Waals surface area contributed by atoms with Gasteiger partial charge in [0.05, 0.1) is 6.10 Å². The molecule has 1 N–H and O–H groups in total. The first-order valence-corrected chi connectivity index (χ1v) is 9.85. The fourth-order valence-electron chi connectivity index (χ4n) is 3.94. The second-order valence-electron chi connectivity index (χ2n) is 8.54. The number of benzene rings is 2. The number of carbonyl (C=O) groups is 1. The van der Waals surface area contributed by atoms with Crippen LogP contribution in [-0.4, -0.2) is 18.6 Å². The zero-order valence-electron chi connectivity index (χ0n) is 16.5. The predicted molar refractivity (Wildman–Crippen MR) is 108 cm³/mol. The Balaban J connectivity index is 1.66. The van der Waals surface area contributed by atoms with Gasteiger partial charge in [-0.2, -0.15) is 0 Å². The summed E-state index contributed by atoms with van der Waals surface area (Å²) >= 11 is 0. The average molecular weight is 354 g/mol. The minimum absolute atomic E-state index is 0.0228. The van der Waals surface area contributed by atoms with Crippen LogP contribution in [0.15, 0.2) is 36.4 Å². The van der Waals surface area contributed by atoms with Crippen molar-refractivity contribution in [3.63, 3.8) is 0 Å². The molecule has 0 saturated heterocycles. The van der Waals surface area contributed by atoms with E-state index in [1.54, 1.807) is 0 Å². The lowest BCUT2D eigenvalue weighted by Crippen LogP contribution is -2.30. The molecule has 3 heteroatoms. The minimum atomic E-state index is -0.0228. The third-order valence-corrected chi connectivity index (χ3v) is 5.61. The molecule has 140 valence electrons. The van der Waals surface area contributed by atoms with E-state index in [0.717, 1.165) is 35.3 Å². The summed E-state index contributed by atoms with van der Waals surface area (Å²) in [5.41, 5.74) is 1.10. The molecule has 2 aromatic carbocycles. The van der Waals surface area contributed by atoms with E-state index in [4.69, 9.17) is 4.74 Å². The molecule has 1 aliphatic rings. The summed E-state index contributed by atoms with van der Waals surface area (Å²) in [6, 6.07) is 12.0. The van der Waals surface area contributed by atoms with Crippen LogP contribution in [0.2, 0.25) is 0 Å². The van der Waals surface area contributed by atoms with Crippen molar-refractivity contribution in [2.75, 3.05) is 6.54 Å². The highest BCUT2D eigenvalue weighted by molar-refractivity contribution is 5.98. The van der Waals surface area contributed by atoms with Crippen LogP contribution in [0.4, 0.5) is 0 Å². The van der Waals surface area contributed by atoms with Gasteiger partial charge >= 0.3 is 0 Å². The van der Waals surface area contributed by atoms with Crippen molar-refractivity contribution in [3.8, 4) is 5.75 Å². The van der Waals surface area contributed by atoms with Crippen LogP contribution < -0.4 is 10.1 Å². The Kier molecular flexibility index (Phi) is 5.55. The first-order chi connectivity index (χ1) is 12.4. The number of ether oxygens (including phenoxy) is 1. The molecule has 1 amide bonds. The first-order valence-electron chi connectivity index (χ1n) is 9.85. The molecular formula is C23H31NO2. The molecule has 0 atom stereocenters. The largest absolute Gasteiger partial charge is 0.490 e. The van der Waals surface area contributed by atoms with Gasteiger partial charge < -0.3 is 10.1 Å². The molecule has 26 heavy (non-hydrogen) atoms. The molecule has 2 aromatic rings. The number of amides is 1. The summed E-state index contributed by atoms with van der Waals surface area (Å²) < 4.78 is 6.26. The Hall–Kier alpha value is -2.03. The van der Waals surface area contributed by atoms with Crippen LogP contribution in [0.5, 0.6) is 5.75 Å². The molecule has 1 aliphatic carbocycles. The third-order valence-electron chi connectivity index (χ3n) is 5.61. The summed E-state index contributed by atoms with van der Waals surface area (Å²) in [6.07, 6.45) is 5.09. The van der Waals surface area contributed by atoms with Gasteiger partial charge in [0.15, 0.2) is 0 Å². The van der Waals surface area contributed by atoms with E-state index in [2.05, 4.69) is 32.2 Å². The molecule has 0 bridgehead atoms. The van der Waals surface area contributed by atoms with Crippen LogP contribution in [-0.2, 0) is 0 Å². The summed E-state index contributed by atoms with van der Waals surface area (Å²) in [5, 5.41) is 5.02. The normalized spacial score (nSPS) is 20.8. The molecule has 3 nitrogen and oxygen atoms in total. The van der Waals surface area contributed by atoms with Crippen molar-refractivity contribution in [3.05, 3.63) is 42.0 Å². The fraction of sp³-hybridized carbons (Fsp3) is 0.522. The van der Waals surface area contributed by atoms with Gasteiger partial charge in [0, 0.05) is 12.1 Å². The van der Waals surface area contributed by atoms with Crippen LogP contribution >= 0.6 is 0 Å². The maximum atomic E-state index is 12.0. The number of hydrogen-bond donors (Lipinski definition) is 1. The van der Waals surface area contributed by atoms with Crippen molar-refractivity contribution >= 4 is 16.7 Å². The van der Waals surface area contributed by atoms with E-state index in [1.807, 2.05) is 37.3 Å². The van der Waals surface area contributed by atoms with Crippen LogP contribution in [0, 0.1) is 11.3 Å². The molecule has 0 aliphatic heterocycles. The lowest BCUT2D eigenvalue weighted by Gasteiger charge is -2.37. The Morgan fingerprint density at radius 3 is 2.35 bits per heavy atom. The van der Waals surface area contributed by atoms with E-state index in [1.165, 1.54) is 12.8 Å². The minimum Gasteiger partial charge on any atom is -0.490 e. The zero-order valence-corrected chi connectivity index (χ0v) is 16.5. The molecule has 0 radical (unpaired) electrons. The Morgan fingerprint density at radius 1 is 1.04 bits per heavy atom. The van der Waals surface area contributed by atoms with Crippen molar-refractivity contribution in [1.82, 2.24) is 5.32 Å². The second kappa shape index (κ2) is 7.69. The fourth-order valence-corrected chi connectivity index (χ4v) is 3.94. The van der Waals surface area contributed by atoms with Crippen LogP contribution in [0.25, 0.3) is 10.8 Å². The molecule has 3 rings (SSSR count). The number of hydrogen-bond acceptors (Lipinski definition) is 2. The second-order valence-corrected chi connectivity index (χ2v) is 8.54. The molecular weight excluding hydrogens is 322 g/mol. The maximum Gasteiger partial charge on any atom is 0.251 e. The Labute approximate surface area is 157 Å². The topological polar surface area (TPSA) is 38.3 Å². The molecule has 0 heterocycles. The summed E-state index contributed by atoms with van der Waals surface area (Å²) in [4.78, 5) is 12.0. The zero-order chi connectivity index (χ0) is 18.7. The van der Waals surface area contributed by atoms with Gasteiger partial charge in [-0.15, -0.1) is 0 Å². The maximum absolute atomic E-state index is 12.0. The lowest BCUT2D eigenvalue weighted by molar-refractivity contribution is 0.0883. The number of fused-ring (bicyclic) bond motifs is 1. The van der Waals surface area contributed by atoms with Crippen molar-refractivity contribution in [1.29, 1.82) is 0 Å². The van der Waals surface area contributed by atoms with Gasteiger partial charge in [0.1, 0.15) is 5.75 Å². The highest BCUT2D eigenvalue weighted by atomic mass is 16.5. The molecule has 1 fully saturated rings. The standard InChI is InChI=1S/C23H31NO2/c1-5-24-22(25)18-7-6-17-15-21(11-8-16(17)14-18)26-20-12-9-19(10-13-20)23(2,3)4/h6-8,11,14-15,19-20H,5,9-10,12-13H2,1-4H3,(H,24,25). The van der Waals surface area contributed by atoms with Crippen LogP contribution in [0.1, 0.15) is 63.7 Å². The number of carbonyl (C=O) groups excluding carboxylic acids is 1. The van der Waals surface area contributed by atoms with Crippen LogP contribution in [0.3, 0.4) is 0 Å². The summed E-state index contributed by atoms with van der Waals surface area (Å²) in [6.45, 7) is 9.60. The average Bonchev–Trinajstić information content (AvgIpc) is 2.61. The van der Waals surface area contributed by atoms with Gasteiger partial charge in [-0.3, -0.25) is 4.79 Å². The quantitative estimate of drug-likeness (QED) is 0.780.